The van der Waals surface area contributed by atoms with Crippen LogP contribution in [-0.4, -0.2) is 6.04 Å². The Kier molecular flexibility index (Phi) is 5.03. The SMILES string of the molecule is C#CCC(CC)NCc1cc(Cl)cs1. The summed E-state index contributed by atoms with van der Waals surface area (Å²) in [4.78, 5) is 1.26. The zero-order valence-electron chi connectivity index (χ0n) is 8.22. The molecule has 0 aliphatic rings. The van der Waals surface area contributed by atoms with Crippen molar-refractivity contribution in [3.8, 4) is 12.3 Å². The van der Waals surface area contributed by atoms with Crippen molar-refractivity contribution in [2.45, 2.75) is 32.4 Å². The van der Waals surface area contributed by atoms with Crippen molar-refractivity contribution in [3.05, 3.63) is 21.3 Å². The summed E-state index contributed by atoms with van der Waals surface area (Å²) in [7, 11) is 0. The number of hydrogen-bond acceptors (Lipinski definition) is 2. The standard InChI is InChI=1S/C11H14ClNS/c1-3-5-10(4-2)13-7-11-6-9(12)8-14-11/h1,6,8,10,13H,4-5,7H2,2H3. The van der Waals surface area contributed by atoms with Gasteiger partial charge in [-0.15, -0.1) is 23.7 Å². The first-order chi connectivity index (χ1) is 6.76. The van der Waals surface area contributed by atoms with E-state index in [4.69, 9.17) is 18.0 Å². The van der Waals surface area contributed by atoms with E-state index in [0.717, 1.165) is 24.4 Å². The fourth-order valence-electron chi connectivity index (χ4n) is 1.19. The molecule has 1 unspecified atom stereocenters. The highest BCUT2D eigenvalue weighted by molar-refractivity contribution is 7.10. The number of terminal acetylenes is 1. The van der Waals surface area contributed by atoms with Crippen LogP contribution in [0.5, 0.6) is 0 Å². The maximum Gasteiger partial charge on any atom is 0.0516 e. The van der Waals surface area contributed by atoms with Gasteiger partial charge in [-0.25, -0.2) is 0 Å². The molecule has 1 aromatic rings. The summed E-state index contributed by atoms with van der Waals surface area (Å²) in [6, 6.07) is 2.41. The number of rotatable bonds is 5. The van der Waals surface area contributed by atoms with Crippen LogP contribution in [0.25, 0.3) is 0 Å². The third-order valence-electron chi connectivity index (χ3n) is 2.04. The average molecular weight is 228 g/mol. The molecular weight excluding hydrogens is 214 g/mol. The number of hydrogen-bond donors (Lipinski definition) is 1. The lowest BCUT2D eigenvalue weighted by Gasteiger charge is -2.12. The minimum atomic E-state index is 0.417. The lowest BCUT2D eigenvalue weighted by atomic mass is 10.1. The van der Waals surface area contributed by atoms with Crippen molar-refractivity contribution in [1.29, 1.82) is 0 Å². The van der Waals surface area contributed by atoms with Gasteiger partial charge in [0.15, 0.2) is 0 Å². The lowest BCUT2D eigenvalue weighted by molar-refractivity contribution is 0.509. The number of halogens is 1. The van der Waals surface area contributed by atoms with Gasteiger partial charge in [0.25, 0.3) is 0 Å². The van der Waals surface area contributed by atoms with Gasteiger partial charge in [-0.2, -0.15) is 0 Å². The molecule has 0 saturated carbocycles. The summed E-state index contributed by atoms with van der Waals surface area (Å²) in [5, 5.41) is 6.17. The molecule has 0 aromatic carbocycles. The van der Waals surface area contributed by atoms with Crippen LogP contribution in [-0.2, 0) is 6.54 Å². The lowest BCUT2D eigenvalue weighted by Crippen LogP contribution is -2.26. The fourth-order valence-corrected chi connectivity index (χ4v) is 2.22. The maximum atomic E-state index is 5.82. The van der Waals surface area contributed by atoms with Gasteiger partial charge in [0.1, 0.15) is 0 Å². The van der Waals surface area contributed by atoms with E-state index < -0.39 is 0 Å². The molecule has 0 radical (unpaired) electrons. The molecule has 1 rings (SSSR count). The van der Waals surface area contributed by atoms with Gasteiger partial charge in [0.2, 0.25) is 0 Å². The molecule has 0 aliphatic heterocycles. The quantitative estimate of drug-likeness (QED) is 0.762. The van der Waals surface area contributed by atoms with E-state index in [1.54, 1.807) is 11.3 Å². The van der Waals surface area contributed by atoms with Crippen molar-refractivity contribution < 1.29 is 0 Å². The first kappa shape index (κ1) is 11.6. The highest BCUT2D eigenvalue weighted by Crippen LogP contribution is 2.18. The molecule has 1 nitrogen and oxygen atoms in total. The molecule has 1 N–H and O–H groups in total. The first-order valence-electron chi connectivity index (χ1n) is 4.66. The van der Waals surface area contributed by atoms with Crippen molar-refractivity contribution >= 4 is 22.9 Å². The van der Waals surface area contributed by atoms with Crippen LogP contribution >= 0.6 is 22.9 Å². The number of thiophene rings is 1. The summed E-state index contributed by atoms with van der Waals surface area (Å²) in [6.07, 6.45) is 7.12. The maximum absolute atomic E-state index is 5.82. The van der Waals surface area contributed by atoms with E-state index in [-0.39, 0.29) is 0 Å². The minimum Gasteiger partial charge on any atom is -0.308 e. The molecule has 0 aliphatic carbocycles. The zero-order valence-corrected chi connectivity index (χ0v) is 9.79. The van der Waals surface area contributed by atoms with E-state index in [9.17, 15) is 0 Å². The van der Waals surface area contributed by atoms with Gasteiger partial charge in [0.05, 0.1) is 5.02 Å². The predicted molar refractivity (Wildman–Crippen MR) is 63.7 cm³/mol. The molecular formula is C11H14ClNS. The second kappa shape index (κ2) is 6.08. The second-order valence-electron chi connectivity index (χ2n) is 3.13. The van der Waals surface area contributed by atoms with Gasteiger partial charge in [-0.1, -0.05) is 18.5 Å². The molecule has 0 saturated heterocycles. The summed E-state index contributed by atoms with van der Waals surface area (Å²) >= 11 is 7.50. The van der Waals surface area contributed by atoms with Crippen molar-refractivity contribution in [1.82, 2.24) is 5.32 Å². The Morgan fingerprint density at radius 3 is 3.00 bits per heavy atom. The van der Waals surface area contributed by atoms with Gasteiger partial charge >= 0.3 is 0 Å². The van der Waals surface area contributed by atoms with E-state index in [1.807, 2.05) is 11.4 Å². The van der Waals surface area contributed by atoms with Crippen LogP contribution in [0.15, 0.2) is 11.4 Å². The van der Waals surface area contributed by atoms with E-state index >= 15 is 0 Å². The molecule has 1 atom stereocenters. The van der Waals surface area contributed by atoms with Crippen LogP contribution in [0.3, 0.4) is 0 Å². The summed E-state index contributed by atoms with van der Waals surface area (Å²) in [6.45, 7) is 2.99. The molecule has 0 amide bonds. The molecule has 0 fully saturated rings. The van der Waals surface area contributed by atoms with Gasteiger partial charge in [-0.05, 0) is 12.5 Å². The molecule has 0 spiro atoms. The Morgan fingerprint density at radius 1 is 1.71 bits per heavy atom. The molecule has 76 valence electrons. The van der Waals surface area contributed by atoms with Crippen LogP contribution in [0.1, 0.15) is 24.6 Å². The van der Waals surface area contributed by atoms with Gasteiger partial charge in [-0.3, -0.25) is 0 Å². The molecule has 0 bridgehead atoms. The Labute approximate surface area is 94.5 Å². The van der Waals surface area contributed by atoms with Crippen LogP contribution in [0.4, 0.5) is 0 Å². The van der Waals surface area contributed by atoms with Crippen LogP contribution < -0.4 is 5.32 Å². The van der Waals surface area contributed by atoms with Crippen LogP contribution in [0, 0.1) is 12.3 Å². The zero-order chi connectivity index (χ0) is 10.4. The first-order valence-corrected chi connectivity index (χ1v) is 5.91. The Bertz CT molecular complexity index is 313. The monoisotopic (exact) mass is 227 g/mol. The van der Waals surface area contributed by atoms with Crippen molar-refractivity contribution in [2.75, 3.05) is 0 Å². The third kappa shape index (κ3) is 3.71. The van der Waals surface area contributed by atoms with Crippen molar-refractivity contribution in [3.63, 3.8) is 0 Å². The van der Waals surface area contributed by atoms with Gasteiger partial charge in [0, 0.05) is 29.3 Å². The Balaban J connectivity index is 2.36. The summed E-state index contributed by atoms with van der Waals surface area (Å²) in [5.74, 6) is 2.68. The molecule has 14 heavy (non-hydrogen) atoms. The Hall–Kier alpha value is -0.490. The smallest absolute Gasteiger partial charge is 0.0516 e. The average Bonchev–Trinajstić information content (AvgIpc) is 2.59. The molecule has 1 heterocycles. The highest BCUT2D eigenvalue weighted by atomic mass is 35.5. The summed E-state index contributed by atoms with van der Waals surface area (Å²) < 4.78 is 0. The van der Waals surface area contributed by atoms with Gasteiger partial charge < -0.3 is 5.32 Å². The predicted octanol–water partition coefficient (Wildman–Crippen LogP) is 3.29. The van der Waals surface area contributed by atoms with E-state index in [2.05, 4.69) is 18.2 Å². The molecule has 1 aromatic heterocycles. The van der Waals surface area contributed by atoms with Crippen molar-refractivity contribution in [2.24, 2.45) is 0 Å². The number of nitrogens with one attached hydrogen (secondary N) is 1. The Morgan fingerprint density at radius 2 is 2.50 bits per heavy atom. The van der Waals surface area contributed by atoms with E-state index in [1.165, 1.54) is 4.88 Å². The van der Waals surface area contributed by atoms with E-state index in [0.29, 0.717) is 6.04 Å². The fraction of sp³-hybridized carbons (Fsp3) is 0.455. The third-order valence-corrected chi connectivity index (χ3v) is 3.33. The normalized spacial score (nSPS) is 12.4. The second-order valence-corrected chi connectivity index (χ2v) is 4.56. The topological polar surface area (TPSA) is 12.0 Å². The van der Waals surface area contributed by atoms with Crippen LogP contribution in [0.2, 0.25) is 5.02 Å². The minimum absolute atomic E-state index is 0.417. The molecule has 3 heteroatoms. The summed E-state index contributed by atoms with van der Waals surface area (Å²) in [5.41, 5.74) is 0. The highest BCUT2D eigenvalue weighted by Gasteiger charge is 2.04. The largest absolute Gasteiger partial charge is 0.308 e.